The van der Waals surface area contributed by atoms with E-state index in [1.54, 1.807) is 43.5 Å². The van der Waals surface area contributed by atoms with Gasteiger partial charge in [-0.2, -0.15) is 0 Å². The molecular weight excluding hydrogens is 399 g/mol. The number of carbonyl (C=O) groups excluding carboxylic acids is 1. The highest BCUT2D eigenvalue weighted by atomic mass is 19.1. The molecule has 2 heterocycles. The van der Waals surface area contributed by atoms with Crippen molar-refractivity contribution in [1.82, 2.24) is 4.57 Å². The van der Waals surface area contributed by atoms with Crippen LogP contribution in [0.3, 0.4) is 0 Å². The minimum atomic E-state index is -0.461. The van der Waals surface area contributed by atoms with Crippen LogP contribution in [0.5, 0.6) is 5.75 Å². The van der Waals surface area contributed by atoms with Gasteiger partial charge in [0, 0.05) is 6.20 Å². The van der Waals surface area contributed by atoms with Gasteiger partial charge >= 0.3 is 0 Å². The normalized spacial score (nSPS) is 11.0. The van der Waals surface area contributed by atoms with E-state index < -0.39 is 5.91 Å². The lowest BCUT2D eigenvalue weighted by molar-refractivity contribution is 0.102. The molecule has 0 aliphatic heterocycles. The SMILES string of the molecule is COc1ccc(C)cc1NC(=O)c1c(C)oc2ccn(Cc3ccc(F)cc3)c(=O)c12. The number of hydrogen-bond acceptors (Lipinski definition) is 4. The number of halogens is 1. The molecule has 2 aromatic heterocycles. The topological polar surface area (TPSA) is 73.5 Å². The molecule has 0 fully saturated rings. The molecule has 2 aromatic carbocycles. The third kappa shape index (κ3) is 3.94. The van der Waals surface area contributed by atoms with E-state index in [4.69, 9.17) is 9.15 Å². The van der Waals surface area contributed by atoms with Crippen molar-refractivity contribution in [3.05, 3.63) is 93.3 Å². The summed E-state index contributed by atoms with van der Waals surface area (Å²) in [4.78, 5) is 26.3. The van der Waals surface area contributed by atoms with Gasteiger partial charge in [-0.05, 0) is 55.3 Å². The molecule has 4 rings (SSSR count). The number of benzene rings is 2. The van der Waals surface area contributed by atoms with E-state index >= 15 is 0 Å². The third-order valence-corrected chi connectivity index (χ3v) is 5.09. The maximum atomic E-state index is 13.2. The number of aryl methyl sites for hydroxylation is 2. The molecule has 1 amide bonds. The molecule has 4 aromatic rings. The number of anilines is 1. The smallest absolute Gasteiger partial charge is 0.262 e. The van der Waals surface area contributed by atoms with E-state index in [2.05, 4.69) is 5.32 Å². The first-order valence-electron chi connectivity index (χ1n) is 9.70. The van der Waals surface area contributed by atoms with Crippen LogP contribution in [0.2, 0.25) is 0 Å². The van der Waals surface area contributed by atoms with E-state index in [0.717, 1.165) is 11.1 Å². The zero-order chi connectivity index (χ0) is 22.1. The molecule has 0 radical (unpaired) electrons. The van der Waals surface area contributed by atoms with Crippen LogP contribution in [0.4, 0.5) is 10.1 Å². The van der Waals surface area contributed by atoms with Gasteiger partial charge in [-0.15, -0.1) is 0 Å². The number of amides is 1. The van der Waals surface area contributed by atoms with Gasteiger partial charge in [0.1, 0.15) is 22.9 Å². The molecule has 0 saturated carbocycles. The predicted octanol–water partition coefficient (Wildman–Crippen LogP) is 4.66. The number of furan rings is 1. The van der Waals surface area contributed by atoms with E-state index in [-0.39, 0.29) is 28.9 Å². The first-order chi connectivity index (χ1) is 14.9. The van der Waals surface area contributed by atoms with E-state index in [1.165, 1.54) is 23.8 Å². The van der Waals surface area contributed by atoms with Crippen molar-refractivity contribution in [3.63, 3.8) is 0 Å². The fourth-order valence-corrected chi connectivity index (χ4v) is 3.55. The summed E-state index contributed by atoms with van der Waals surface area (Å²) in [5, 5.41) is 3.03. The summed E-state index contributed by atoms with van der Waals surface area (Å²) < 4.78 is 25.7. The molecule has 0 saturated heterocycles. The molecule has 6 nitrogen and oxygen atoms in total. The van der Waals surface area contributed by atoms with Gasteiger partial charge < -0.3 is 19.0 Å². The van der Waals surface area contributed by atoms with Crippen LogP contribution in [0, 0.1) is 19.7 Å². The van der Waals surface area contributed by atoms with Crippen LogP contribution in [-0.2, 0) is 6.54 Å². The molecule has 1 N–H and O–H groups in total. The van der Waals surface area contributed by atoms with Gasteiger partial charge in [0.25, 0.3) is 11.5 Å². The number of rotatable bonds is 5. The maximum Gasteiger partial charge on any atom is 0.262 e. The minimum Gasteiger partial charge on any atom is -0.495 e. The Hall–Kier alpha value is -3.87. The third-order valence-electron chi connectivity index (χ3n) is 5.09. The Kier molecular flexibility index (Phi) is 5.33. The van der Waals surface area contributed by atoms with E-state index in [9.17, 15) is 14.0 Å². The Morgan fingerprint density at radius 1 is 1.13 bits per heavy atom. The van der Waals surface area contributed by atoms with Crippen molar-refractivity contribution >= 4 is 22.6 Å². The molecule has 0 atom stereocenters. The Morgan fingerprint density at radius 2 is 1.87 bits per heavy atom. The summed E-state index contributed by atoms with van der Waals surface area (Å²) in [6.07, 6.45) is 1.60. The zero-order valence-electron chi connectivity index (χ0n) is 17.4. The van der Waals surface area contributed by atoms with Gasteiger partial charge in [-0.25, -0.2) is 4.39 Å². The number of carbonyl (C=O) groups is 1. The number of hydrogen-bond donors (Lipinski definition) is 1. The van der Waals surface area contributed by atoms with Crippen LogP contribution in [0.15, 0.2) is 63.9 Å². The van der Waals surface area contributed by atoms with Gasteiger partial charge in [0.2, 0.25) is 0 Å². The molecule has 0 spiro atoms. The summed E-state index contributed by atoms with van der Waals surface area (Å²) in [5.41, 5.74) is 2.37. The van der Waals surface area contributed by atoms with Gasteiger partial charge in [0.15, 0.2) is 0 Å². The second-order valence-corrected chi connectivity index (χ2v) is 7.31. The molecule has 31 heavy (non-hydrogen) atoms. The highest BCUT2D eigenvalue weighted by Crippen LogP contribution is 2.28. The summed E-state index contributed by atoms with van der Waals surface area (Å²) >= 11 is 0. The average Bonchev–Trinajstić information content (AvgIpc) is 3.08. The second-order valence-electron chi connectivity index (χ2n) is 7.31. The van der Waals surface area contributed by atoms with Crippen molar-refractivity contribution in [2.75, 3.05) is 12.4 Å². The highest BCUT2D eigenvalue weighted by molar-refractivity contribution is 6.13. The lowest BCUT2D eigenvalue weighted by Crippen LogP contribution is -2.22. The Balaban J connectivity index is 1.75. The molecule has 0 unspecified atom stereocenters. The maximum absolute atomic E-state index is 13.2. The van der Waals surface area contributed by atoms with Crippen LogP contribution < -0.4 is 15.6 Å². The van der Waals surface area contributed by atoms with E-state index in [0.29, 0.717) is 22.8 Å². The molecule has 7 heteroatoms. The predicted molar refractivity (Wildman–Crippen MR) is 116 cm³/mol. The number of nitrogens with zero attached hydrogens (tertiary/aromatic N) is 1. The molecular formula is C24H21FN2O4. The number of pyridine rings is 1. The van der Waals surface area contributed by atoms with E-state index in [1.807, 2.05) is 13.0 Å². The monoisotopic (exact) mass is 420 g/mol. The highest BCUT2D eigenvalue weighted by Gasteiger charge is 2.23. The quantitative estimate of drug-likeness (QED) is 0.510. The lowest BCUT2D eigenvalue weighted by atomic mass is 10.1. The average molecular weight is 420 g/mol. The summed E-state index contributed by atoms with van der Waals surface area (Å²) in [6, 6.07) is 13.0. The van der Waals surface area contributed by atoms with Crippen LogP contribution >= 0.6 is 0 Å². The number of methoxy groups -OCH3 is 1. The minimum absolute atomic E-state index is 0.178. The van der Waals surface area contributed by atoms with Crippen LogP contribution in [0.1, 0.15) is 27.2 Å². The second kappa shape index (κ2) is 8.10. The first-order valence-corrected chi connectivity index (χ1v) is 9.70. The fraction of sp³-hybridized carbons (Fsp3) is 0.167. The van der Waals surface area contributed by atoms with Crippen molar-refractivity contribution in [1.29, 1.82) is 0 Å². The van der Waals surface area contributed by atoms with Gasteiger partial charge in [-0.3, -0.25) is 9.59 Å². The lowest BCUT2D eigenvalue weighted by Gasteiger charge is -2.11. The zero-order valence-corrected chi connectivity index (χ0v) is 17.4. The van der Waals surface area contributed by atoms with Crippen LogP contribution in [-0.4, -0.2) is 17.6 Å². The Bertz CT molecular complexity index is 1340. The van der Waals surface area contributed by atoms with Crippen molar-refractivity contribution in [2.24, 2.45) is 0 Å². The molecule has 0 aliphatic carbocycles. The fourth-order valence-electron chi connectivity index (χ4n) is 3.55. The first kappa shape index (κ1) is 20.4. The van der Waals surface area contributed by atoms with Gasteiger partial charge in [0.05, 0.1) is 30.3 Å². The van der Waals surface area contributed by atoms with Crippen LogP contribution in [0.25, 0.3) is 11.0 Å². The Morgan fingerprint density at radius 3 is 2.58 bits per heavy atom. The largest absolute Gasteiger partial charge is 0.495 e. The number of ether oxygens (including phenoxy) is 1. The summed E-state index contributed by atoms with van der Waals surface area (Å²) in [6.45, 7) is 3.79. The number of fused-ring (bicyclic) bond motifs is 1. The van der Waals surface area contributed by atoms with Crippen molar-refractivity contribution < 1.29 is 18.3 Å². The number of aromatic nitrogens is 1. The number of nitrogens with one attached hydrogen (secondary N) is 1. The Labute approximate surface area is 177 Å². The summed E-state index contributed by atoms with van der Waals surface area (Å²) in [7, 11) is 1.52. The molecule has 158 valence electrons. The summed E-state index contributed by atoms with van der Waals surface area (Å²) in [5.74, 6) is 0.0493. The molecule has 0 aliphatic rings. The van der Waals surface area contributed by atoms with Crippen molar-refractivity contribution in [3.8, 4) is 5.75 Å². The van der Waals surface area contributed by atoms with Crippen molar-refractivity contribution in [2.45, 2.75) is 20.4 Å². The molecule has 0 bridgehead atoms. The standard InChI is InChI=1S/C24H21FN2O4/c1-14-4-9-19(30-3)18(12-14)26-23(28)21-15(2)31-20-10-11-27(24(29)22(20)21)13-16-5-7-17(25)8-6-16/h4-12H,13H2,1-3H3,(H,26,28). The van der Waals surface area contributed by atoms with Gasteiger partial charge in [-0.1, -0.05) is 18.2 Å².